The van der Waals surface area contributed by atoms with E-state index in [1.807, 2.05) is 43.3 Å². The lowest BCUT2D eigenvalue weighted by Crippen LogP contribution is -2.29. The lowest BCUT2D eigenvalue weighted by molar-refractivity contribution is 0.475. The molecule has 0 bridgehead atoms. The van der Waals surface area contributed by atoms with Crippen LogP contribution in [0, 0.1) is 0 Å². The minimum absolute atomic E-state index is 0.104. The van der Waals surface area contributed by atoms with E-state index in [0.29, 0.717) is 34.0 Å². The van der Waals surface area contributed by atoms with Gasteiger partial charge >= 0.3 is 0 Å². The second kappa shape index (κ2) is 8.12. The average Bonchev–Trinajstić information content (AvgIpc) is 3.29. The van der Waals surface area contributed by atoms with E-state index in [1.54, 1.807) is 45.6 Å². The molecule has 0 unspecified atom stereocenters. The van der Waals surface area contributed by atoms with Gasteiger partial charge in [0.25, 0.3) is 5.56 Å². The van der Waals surface area contributed by atoms with E-state index in [9.17, 15) is 9.90 Å². The minimum atomic E-state index is -0.435. The highest BCUT2D eigenvalue weighted by Gasteiger charge is 2.21. The van der Waals surface area contributed by atoms with Crippen LogP contribution in [0.1, 0.15) is 18.8 Å². The third-order valence-corrected chi connectivity index (χ3v) is 5.36. The fourth-order valence-electron chi connectivity index (χ4n) is 3.83. The summed E-state index contributed by atoms with van der Waals surface area (Å²) in [5.41, 5.74) is 8.39. The van der Waals surface area contributed by atoms with Gasteiger partial charge in [-0.05, 0) is 48.9 Å². The largest absolute Gasteiger partial charge is 0.508 e. The minimum Gasteiger partial charge on any atom is -0.508 e. The van der Waals surface area contributed by atoms with Crippen LogP contribution in [-0.4, -0.2) is 29.3 Å². The molecule has 33 heavy (non-hydrogen) atoms. The van der Waals surface area contributed by atoms with Crippen molar-refractivity contribution in [1.29, 1.82) is 0 Å². The number of anilines is 2. The number of phenolic OH excluding ortho intramolecular Hbond substituents is 1. The first-order valence-corrected chi connectivity index (χ1v) is 10.3. The number of hydrogen-bond acceptors (Lipinski definition) is 7. The molecule has 0 saturated carbocycles. The third kappa shape index (κ3) is 3.65. The highest BCUT2D eigenvalue weighted by molar-refractivity contribution is 5.84. The third-order valence-electron chi connectivity index (χ3n) is 5.36. The number of rotatable bonds is 5. The van der Waals surface area contributed by atoms with Crippen molar-refractivity contribution in [3.63, 3.8) is 0 Å². The molecule has 0 amide bonds. The zero-order chi connectivity index (χ0) is 22.9. The Bertz CT molecular complexity index is 1510. The van der Waals surface area contributed by atoms with Crippen molar-refractivity contribution in [2.75, 3.05) is 11.1 Å². The van der Waals surface area contributed by atoms with Crippen LogP contribution in [0.4, 0.5) is 11.6 Å². The molecule has 0 aliphatic heterocycles. The van der Waals surface area contributed by atoms with Crippen LogP contribution in [0.3, 0.4) is 0 Å². The number of nitrogen functional groups attached to an aromatic ring is 1. The standard InChI is InChI=1S/C24H21N7O2/c1-15(28-22-20(21(25)26-14-27-22)16-7-5-10-18(32)13-16)23-29-30-12-6-11-19(30)24(33)31(23)17-8-3-2-4-9-17/h2-15,32H,1H3,(H3,25,26,27,28)/t15-/m0/s1. The molecule has 9 nitrogen and oxygen atoms in total. The van der Waals surface area contributed by atoms with E-state index >= 15 is 0 Å². The van der Waals surface area contributed by atoms with Crippen LogP contribution in [0.25, 0.3) is 22.3 Å². The highest BCUT2D eigenvalue weighted by atomic mass is 16.3. The molecule has 1 atom stereocenters. The molecule has 0 aliphatic rings. The fourth-order valence-corrected chi connectivity index (χ4v) is 3.83. The predicted octanol–water partition coefficient (Wildman–Crippen LogP) is 3.40. The van der Waals surface area contributed by atoms with Crippen LogP contribution >= 0.6 is 0 Å². The number of nitrogens with zero attached hydrogens (tertiary/aromatic N) is 5. The quantitative estimate of drug-likeness (QED) is 0.383. The van der Waals surface area contributed by atoms with Gasteiger partial charge in [-0.1, -0.05) is 30.3 Å². The second-order valence-corrected chi connectivity index (χ2v) is 7.57. The molecule has 2 aromatic carbocycles. The Hall–Kier alpha value is -4.66. The van der Waals surface area contributed by atoms with Gasteiger partial charge < -0.3 is 16.2 Å². The molecule has 4 N–H and O–H groups in total. The molecule has 0 spiro atoms. The normalized spacial score (nSPS) is 12.0. The van der Waals surface area contributed by atoms with Crippen molar-refractivity contribution in [2.45, 2.75) is 13.0 Å². The van der Waals surface area contributed by atoms with Gasteiger partial charge in [-0.2, -0.15) is 5.10 Å². The molecule has 164 valence electrons. The van der Waals surface area contributed by atoms with Crippen molar-refractivity contribution in [3.05, 3.63) is 95.4 Å². The summed E-state index contributed by atoms with van der Waals surface area (Å²) in [6, 6.07) is 19.2. The predicted molar refractivity (Wildman–Crippen MR) is 126 cm³/mol. The number of para-hydroxylation sites is 1. The van der Waals surface area contributed by atoms with Gasteiger partial charge in [-0.15, -0.1) is 0 Å². The molecule has 0 saturated heterocycles. The molecule has 0 radical (unpaired) electrons. The second-order valence-electron chi connectivity index (χ2n) is 7.57. The number of hydrogen-bond donors (Lipinski definition) is 3. The summed E-state index contributed by atoms with van der Waals surface area (Å²) in [6.45, 7) is 1.89. The molecule has 9 heteroatoms. The molecule has 0 fully saturated rings. The molecule has 0 aliphatic carbocycles. The number of fused-ring (bicyclic) bond motifs is 1. The maximum atomic E-state index is 13.3. The summed E-state index contributed by atoms with van der Waals surface area (Å²) in [7, 11) is 0. The van der Waals surface area contributed by atoms with Crippen LogP contribution in [0.5, 0.6) is 5.75 Å². The smallest absolute Gasteiger partial charge is 0.282 e. The topological polar surface area (TPSA) is 123 Å². The maximum absolute atomic E-state index is 13.3. The van der Waals surface area contributed by atoms with Gasteiger partial charge in [-0.3, -0.25) is 9.36 Å². The number of nitrogens with two attached hydrogens (primary N) is 1. The number of phenols is 1. The summed E-state index contributed by atoms with van der Waals surface area (Å²) >= 11 is 0. The van der Waals surface area contributed by atoms with Crippen LogP contribution in [0.15, 0.2) is 84.0 Å². The van der Waals surface area contributed by atoms with Crippen LogP contribution < -0.4 is 16.6 Å². The maximum Gasteiger partial charge on any atom is 0.282 e. The van der Waals surface area contributed by atoms with Gasteiger partial charge in [0.1, 0.15) is 29.2 Å². The van der Waals surface area contributed by atoms with Gasteiger partial charge in [0, 0.05) is 6.20 Å². The molecular weight excluding hydrogens is 418 g/mol. The molecule has 5 aromatic rings. The summed E-state index contributed by atoms with van der Waals surface area (Å²) in [6.07, 6.45) is 3.10. The average molecular weight is 439 g/mol. The van der Waals surface area contributed by atoms with Crippen molar-refractivity contribution < 1.29 is 5.11 Å². The van der Waals surface area contributed by atoms with Crippen molar-refractivity contribution >= 4 is 17.2 Å². The first-order valence-electron chi connectivity index (χ1n) is 10.3. The van der Waals surface area contributed by atoms with E-state index in [0.717, 1.165) is 0 Å². The Morgan fingerprint density at radius 1 is 1.03 bits per heavy atom. The SMILES string of the molecule is C[C@H](Nc1ncnc(N)c1-c1cccc(O)c1)c1nn2cccc2c(=O)n1-c1ccccc1. The first kappa shape index (κ1) is 20.3. The lowest BCUT2D eigenvalue weighted by Gasteiger charge is -2.21. The molecular formula is C24H21N7O2. The van der Waals surface area contributed by atoms with E-state index in [1.165, 1.54) is 6.33 Å². The molecule has 3 aromatic heterocycles. The fraction of sp³-hybridized carbons (Fsp3) is 0.0833. The zero-order valence-corrected chi connectivity index (χ0v) is 17.8. The molecule has 3 heterocycles. The van der Waals surface area contributed by atoms with E-state index < -0.39 is 6.04 Å². The summed E-state index contributed by atoms with van der Waals surface area (Å²) < 4.78 is 3.16. The monoisotopic (exact) mass is 439 g/mol. The number of benzene rings is 2. The first-order chi connectivity index (χ1) is 16.0. The van der Waals surface area contributed by atoms with Gasteiger partial charge in [-0.25, -0.2) is 14.5 Å². The van der Waals surface area contributed by atoms with Crippen molar-refractivity contribution in [2.24, 2.45) is 0 Å². The van der Waals surface area contributed by atoms with Gasteiger partial charge in [0.2, 0.25) is 0 Å². The Balaban J connectivity index is 1.64. The van der Waals surface area contributed by atoms with Crippen molar-refractivity contribution in [1.82, 2.24) is 24.1 Å². The highest BCUT2D eigenvalue weighted by Crippen LogP contribution is 2.34. The van der Waals surface area contributed by atoms with E-state index in [4.69, 9.17) is 10.8 Å². The summed E-state index contributed by atoms with van der Waals surface area (Å²) in [4.78, 5) is 21.8. The van der Waals surface area contributed by atoms with Crippen LogP contribution in [-0.2, 0) is 0 Å². The van der Waals surface area contributed by atoms with E-state index in [-0.39, 0.29) is 17.1 Å². The van der Waals surface area contributed by atoms with E-state index in [2.05, 4.69) is 15.3 Å². The lowest BCUT2D eigenvalue weighted by atomic mass is 10.1. The van der Waals surface area contributed by atoms with Gasteiger partial charge in [0.15, 0.2) is 5.82 Å². The Morgan fingerprint density at radius 2 is 1.85 bits per heavy atom. The van der Waals surface area contributed by atoms with Crippen molar-refractivity contribution in [3.8, 4) is 22.6 Å². The zero-order valence-electron chi connectivity index (χ0n) is 17.8. The summed E-state index contributed by atoms with van der Waals surface area (Å²) in [5, 5.41) is 18.0. The number of aromatic hydroxyl groups is 1. The number of nitrogens with one attached hydrogen (secondary N) is 1. The van der Waals surface area contributed by atoms with Crippen LogP contribution in [0.2, 0.25) is 0 Å². The van der Waals surface area contributed by atoms with Gasteiger partial charge in [0.05, 0.1) is 17.3 Å². The molecule has 5 rings (SSSR count). The Labute approximate surface area is 188 Å². The Morgan fingerprint density at radius 3 is 2.64 bits per heavy atom. The summed E-state index contributed by atoms with van der Waals surface area (Å²) in [5.74, 6) is 1.32. The Kier molecular flexibility index (Phi) is 4.98. The number of aromatic nitrogens is 5.